The average Bonchev–Trinajstić information content (AvgIpc) is 3.20. The molecule has 4 rings (SSSR count). The van der Waals surface area contributed by atoms with Crippen molar-refractivity contribution < 1.29 is 13.2 Å². The first-order valence-electron chi connectivity index (χ1n) is 7.72. The van der Waals surface area contributed by atoms with Gasteiger partial charge in [-0.3, -0.25) is 4.79 Å². The third kappa shape index (κ3) is 2.76. The van der Waals surface area contributed by atoms with Gasteiger partial charge in [0.1, 0.15) is 4.90 Å². The standard InChI is InChI=1S/C16H13N5O3S2/c22-15-13-8-4-5-9-14(13)26(23,24)20(15)10-11-25-16-17-18-19-21(16)12-6-2-1-3-7-12/h1-9H,10-11H2. The van der Waals surface area contributed by atoms with Crippen LogP contribution < -0.4 is 0 Å². The minimum Gasteiger partial charge on any atom is -0.268 e. The van der Waals surface area contributed by atoms with Gasteiger partial charge >= 0.3 is 0 Å². The first kappa shape index (κ1) is 16.7. The Balaban J connectivity index is 1.49. The second-order valence-corrected chi connectivity index (χ2v) is 8.33. The third-order valence-electron chi connectivity index (χ3n) is 3.88. The smallest absolute Gasteiger partial charge is 0.268 e. The summed E-state index contributed by atoms with van der Waals surface area (Å²) in [4.78, 5) is 12.4. The fraction of sp³-hybridized carbons (Fsp3) is 0.125. The van der Waals surface area contributed by atoms with Crippen molar-refractivity contribution in [2.45, 2.75) is 10.1 Å². The van der Waals surface area contributed by atoms with Crippen molar-refractivity contribution in [2.75, 3.05) is 12.3 Å². The van der Waals surface area contributed by atoms with Crippen LogP contribution in [0, 0.1) is 0 Å². The van der Waals surface area contributed by atoms with Gasteiger partial charge in [0.15, 0.2) is 0 Å². The lowest BCUT2D eigenvalue weighted by Crippen LogP contribution is -2.32. The van der Waals surface area contributed by atoms with E-state index >= 15 is 0 Å². The molecule has 132 valence electrons. The normalized spacial score (nSPS) is 15.2. The molecule has 0 fully saturated rings. The predicted molar refractivity (Wildman–Crippen MR) is 94.5 cm³/mol. The number of rotatable bonds is 5. The average molecular weight is 387 g/mol. The predicted octanol–water partition coefficient (Wildman–Crippen LogP) is 1.60. The van der Waals surface area contributed by atoms with E-state index in [1.165, 1.54) is 23.9 Å². The van der Waals surface area contributed by atoms with Crippen LogP contribution in [0.15, 0.2) is 64.6 Å². The van der Waals surface area contributed by atoms with Crippen molar-refractivity contribution in [3.63, 3.8) is 0 Å². The number of carbonyl (C=O) groups excluding carboxylic acids is 1. The molecule has 0 radical (unpaired) electrons. The van der Waals surface area contributed by atoms with Crippen molar-refractivity contribution in [1.82, 2.24) is 24.5 Å². The summed E-state index contributed by atoms with van der Waals surface area (Å²) in [7, 11) is -3.79. The Hall–Kier alpha value is -2.72. The number of hydrogen-bond donors (Lipinski definition) is 0. The van der Waals surface area contributed by atoms with Gasteiger partial charge in [-0.05, 0) is 34.7 Å². The number of benzene rings is 2. The van der Waals surface area contributed by atoms with E-state index in [4.69, 9.17) is 0 Å². The Morgan fingerprint density at radius 2 is 1.73 bits per heavy atom. The number of sulfonamides is 1. The van der Waals surface area contributed by atoms with E-state index in [9.17, 15) is 13.2 Å². The largest absolute Gasteiger partial charge is 0.269 e. The Labute approximate surface area is 153 Å². The number of fused-ring (bicyclic) bond motifs is 1. The van der Waals surface area contributed by atoms with Gasteiger partial charge in [-0.25, -0.2) is 12.7 Å². The fourth-order valence-electron chi connectivity index (χ4n) is 2.67. The first-order chi connectivity index (χ1) is 12.6. The van der Waals surface area contributed by atoms with Gasteiger partial charge in [0.25, 0.3) is 15.9 Å². The number of amides is 1. The molecule has 1 aromatic heterocycles. The quantitative estimate of drug-likeness (QED) is 0.613. The molecule has 0 N–H and O–H groups in total. The highest BCUT2D eigenvalue weighted by atomic mass is 32.2. The summed E-state index contributed by atoms with van der Waals surface area (Å²) in [6, 6.07) is 15.6. The van der Waals surface area contributed by atoms with Crippen LogP contribution in [0.1, 0.15) is 10.4 Å². The molecule has 0 aliphatic carbocycles. The molecule has 26 heavy (non-hydrogen) atoms. The number of para-hydroxylation sites is 1. The molecule has 0 saturated carbocycles. The number of carbonyl (C=O) groups is 1. The number of tetrazole rings is 1. The van der Waals surface area contributed by atoms with Gasteiger partial charge in [-0.1, -0.05) is 42.1 Å². The molecule has 0 unspecified atom stereocenters. The Bertz CT molecular complexity index is 1070. The maximum Gasteiger partial charge on any atom is 0.269 e. The summed E-state index contributed by atoms with van der Waals surface area (Å²) < 4.78 is 27.5. The van der Waals surface area contributed by atoms with E-state index in [0.29, 0.717) is 10.9 Å². The molecule has 1 amide bonds. The summed E-state index contributed by atoms with van der Waals surface area (Å²) in [5, 5.41) is 12.1. The molecule has 0 saturated heterocycles. The summed E-state index contributed by atoms with van der Waals surface area (Å²) >= 11 is 1.29. The lowest BCUT2D eigenvalue weighted by atomic mass is 10.2. The Morgan fingerprint density at radius 3 is 2.50 bits per heavy atom. The number of thioether (sulfide) groups is 1. The van der Waals surface area contributed by atoms with Gasteiger partial charge in [0.05, 0.1) is 11.3 Å². The van der Waals surface area contributed by atoms with Crippen LogP contribution in [-0.2, 0) is 10.0 Å². The molecule has 1 aliphatic heterocycles. The first-order valence-corrected chi connectivity index (χ1v) is 10.1. The minimum atomic E-state index is -3.79. The zero-order valence-electron chi connectivity index (χ0n) is 13.4. The summed E-state index contributed by atoms with van der Waals surface area (Å²) in [5.41, 5.74) is 1.02. The van der Waals surface area contributed by atoms with Gasteiger partial charge in [0, 0.05) is 12.3 Å². The second-order valence-electron chi connectivity index (χ2n) is 5.44. The van der Waals surface area contributed by atoms with Crippen LogP contribution in [-0.4, -0.2) is 51.1 Å². The van der Waals surface area contributed by atoms with E-state index in [1.54, 1.807) is 16.8 Å². The molecule has 10 heteroatoms. The van der Waals surface area contributed by atoms with E-state index in [1.807, 2.05) is 30.3 Å². The molecule has 0 bridgehead atoms. The van der Waals surface area contributed by atoms with Crippen LogP contribution in [0.4, 0.5) is 0 Å². The Kier molecular flexibility index (Phi) is 4.21. The van der Waals surface area contributed by atoms with Crippen molar-refractivity contribution in [3.8, 4) is 5.69 Å². The summed E-state index contributed by atoms with van der Waals surface area (Å²) in [5.74, 6) is -0.157. The SMILES string of the molecule is O=C1c2ccccc2S(=O)(=O)N1CCSc1nnnn1-c1ccccc1. The van der Waals surface area contributed by atoms with Gasteiger partial charge in [0.2, 0.25) is 5.16 Å². The van der Waals surface area contributed by atoms with Crippen molar-refractivity contribution in [3.05, 3.63) is 60.2 Å². The van der Waals surface area contributed by atoms with Crippen molar-refractivity contribution >= 4 is 27.7 Å². The highest BCUT2D eigenvalue weighted by Gasteiger charge is 2.40. The van der Waals surface area contributed by atoms with Crippen LogP contribution in [0.3, 0.4) is 0 Å². The van der Waals surface area contributed by atoms with Crippen LogP contribution in [0.25, 0.3) is 5.69 Å². The maximum atomic E-state index is 12.5. The molecule has 2 heterocycles. The van der Waals surface area contributed by atoms with E-state index < -0.39 is 15.9 Å². The minimum absolute atomic E-state index is 0.0438. The molecule has 0 atom stereocenters. The van der Waals surface area contributed by atoms with Crippen LogP contribution >= 0.6 is 11.8 Å². The van der Waals surface area contributed by atoms with Crippen LogP contribution in [0.2, 0.25) is 0 Å². The molecule has 8 nitrogen and oxygen atoms in total. The maximum absolute atomic E-state index is 12.5. The number of hydrogen-bond acceptors (Lipinski definition) is 7. The molecular weight excluding hydrogens is 374 g/mol. The van der Waals surface area contributed by atoms with Gasteiger partial charge in [-0.15, -0.1) is 5.10 Å². The molecular formula is C16H13N5O3S2. The highest BCUT2D eigenvalue weighted by molar-refractivity contribution is 7.99. The third-order valence-corrected chi connectivity index (χ3v) is 6.62. The van der Waals surface area contributed by atoms with Crippen LogP contribution in [0.5, 0.6) is 0 Å². The second kappa shape index (κ2) is 6.54. The van der Waals surface area contributed by atoms with Crippen molar-refractivity contribution in [1.29, 1.82) is 0 Å². The number of nitrogens with zero attached hydrogens (tertiary/aromatic N) is 5. The van der Waals surface area contributed by atoms with Crippen molar-refractivity contribution in [2.24, 2.45) is 0 Å². The topological polar surface area (TPSA) is 98.1 Å². The molecule has 1 aliphatic rings. The molecule has 2 aromatic carbocycles. The zero-order chi connectivity index (χ0) is 18.1. The monoisotopic (exact) mass is 387 g/mol. The lowest BCUT2D eigenvalue weighted by Gasteiger charge is -2.14. The summed E-state index contributed by atoms with van der Waals surface area (Å²) in [6.45, 7) is 0.0438. The molecule has 3 aromatic rings. The Morgan fingerprint density at radius 1 is 1.00 bits per heavy atom. The van der Waals surface area contributed by atoms with Gasteiger partial charge < -0.3 is 0 Å². The fourth-order valence-corrected chi connectivity index (χ4v) is 5.17. The number of aromatic nitrogens is 4. The summed E-state index contributed by atoms with van der Waals surface area (Å²) in [6.07, 6.45) is 0. The van der Waals surface area contributed by atoms with E-state index in [2.05, 4.69) is 15.5 Å². The van der Waals surface area contributed by atoms with Gasteiger partial charge in [-0.2, -0.15) is 4.68 Å². The lowest BCUT2D eigenvalue weighted by molar-refractivity contribution is 0.0876. The van der Waals surface area contributed by atoms with E-state index in [-0.39, 0.29) is 17.0 Å². The highest BCUT2D eigenvalue weighted by Crippen LogP contribution is 2.30. The van der Waals surface area contributed by atoms with E-state index in [0.717, 1.165) is 9.99 Å². The zero-order valence-corrected chi connectivity index (χ0v) is 15.0. The molecule has 0 spiro atoms.